The lowest BCUT2D eigenvalue weighted by molar-refractivity contribution is -0.325. The highest BCUT2D eigenvalue weighted by Gasteiger charge is 2.58. The lowest BCUT2D eigenvalue weighted by Gasteiger charge is -2.52. The summed E-state index contributed by atoms with van der Waals surface area (Å²) in [6, 6.07) is 9.85. The molecule has 1 amide bonds. The number of fused-ring (bicyclic) bond motifs is 6. The molecule has 0 saturated carbocycles. The van der Waals surface area contributed by atoms with Crippen LogP contribution in [0.1, 0.15) is 206 Å². The van der Waals surface area contributed by atoms with Crippen LogP contribution < -0.4 is 5.32 Å². The third-order valence-corrected chi connectivity index (χ3v) is 44.7. The van der Waals surface area contributed by atoms with Gasteiger partial charge in [-0.25, -0.2) is 9.59 Å². The van der Waals surface area contributed by atoms with Crippen LogP contribution in [0.25, 0.3) is 0 Å². The summed E-state index contributed by atoms with van der Waals surface area (Å²) < 4.78 is 106. The molecule has 27 heteroatoms. The third-order valence-electron chi connectivity index (χ3n) is 25.7. The molecule has 119 heavy (non-hydrogen) atoms. The smallest absolute Gasteiger partial charge is 0.407 e. The predicted molar refractivity (Wildman–Crippen MR) is 497 cm³/mol. The monoisotopic (exact) mass is 1780 g/mol. The zero-order valence-corrected chi connectivity index (χ0v) is 83.5. The number of ether oxygens (including phenoxy) is 12. The number of cyclic esters (lactones) is 1. The molecule has 20 nitrogen and oxygen atoms in total. The largest absolute Gasteiger partial charge is 0.462 e. The zero-order chi connectivity index (χ0) is 88.2. The summed E-state index contributed by atoms with van der Waals surface area (Å²) in [5.74, 6) is -3.62. The van der Waals surface area contributed by atoms with Gasteiger partial charge in [0.15, 0.2) is 55.2 Å². The molecular weight excluding hydrogens is 1630 g/mol. The average molecular weight is 1790 g/mol. The molecule has 1 aromatic rings. The fourth-order valence-corrected chi connectivity index (χ4v) is 30.4. The first-order valence-electron chi connectivity index (χ1n) is 44.1. The van der Waals surface area contributed by atoms with Crippen molar-refractivity contribution in [2.75, 3.05) is 33.7 Å². The van der Waals surface area contributed by atoms with Crippen molar-refractivity contribution in [3.63, 3.8) is 0 Å². The summed E-state index contributed by atoms with van der Waals surface area (Å²) in [5, 5.41) is 3.12. The molecule has 6 rings (SSSR count). The van der Waals surface area contributed by atoms with Crippen molar-refractivity contribution in [1.82, 2.24) is 5.32 Å². The quantitative estimate of drug-likeness (QED) is 0.0271. The van der Waals surface area contributed by atoms with E-state index >= 15 is 9.59 Å². The number of benzene rings is 1. The molecule has 4 saturated heterocycles. The Morgan fingerprint density at radius 1 is 0.597 bits per heavy atom. The maximum absolute atomic E-state index is 15.7. The number of methoxy groups -OCH3 is 1. The number of carbonyl (C=O) groups is 4. The van der Waals surface area contributed by atoms with E-state index < -0.39 is 155 Å². The molecule has 6 bridgehead atoms. The van der Waals surface area contributed by atoms with E-state index in [-0.39, 0.29) is 102 Å². The van der Waals surface area contributed by atoms with E-state index in [1.807, 2.05) is 98.9 Å². The molecule has 5 heterocycles. The van der Waals surface area contributed by atoms with Gasteiger partial charge in [-0.3, -0.25) is 9.59 Å². The number of allylic oxidation sites excluding steroid dienone is 13. The number of hydrogen-bond acceptors (Lipinski definition) is 19. The van der Waals surface area contributed by atoms with Crippen LogP contribution >= 0.6 is 33.1 Å². The minimum Gasteiger partial charge on any atom is -0.462 e. The van der Waals surface area contributed by atoms with E-state index in [4.69, 9.17) is 70.1 Å². The van der Waals surface area contributed by atoms with Crippen LogP contribution in [0.3, 0.4) is 0 Å². The van der Waals surface area contributed by atoms with E-state index in [1.54, 1.807) is 25.3 Å². The lowest BCUT2D eigenvalue weighted by Crippen LogP contribution is -2.68. The molecule has 0 radical (unpaired) electrons. The van der Waals surface area contributed by atoms with Gasteiger partial charge in [0.25, 0.3) is 0 Å². The van der Waals surface area contributed by atoms with Crippen LogP contribution in [0.5, 0.6) is 0 Å². The Hall–Kier alpha value is -3.51. The summed E-state index contributed by atoms with van der Waals surface area (Å²) in [4.78, 5) is 59.4. The minimum atomic E-state index is -2.75. The molecule has 5 aliphatic rings. The Morgan fingerprint density at radius 2 is 1.10 bits per heavy atom. The first-order chi connectivity index (χ1) is 56.4. The van der Waals surface area contributed by atoms with Crippen LogP contribution in [0.2, 0.25) is 52.9 Å². The van der Waals surface area contributed by atoms with Gasteiger partial charge in [0, 0.05) is 39.2 Å². The van der Waals surface area contributed by atoms with Gasteiger partial charge in [-0.05, 0) is 149 Å². The van der Waals surface area contributed by atoms with Crippen molar-refractivity contribution in [3.8, 4) is 0 Å². The Balaban J connectivity index is 1.62. The van der Waals surface area contributed by atoms with Crippen molar-refractivity contribution < 1.29 is 89.3 Å². The summed E-state index contributed by atoms with van der Waals surface area (Å²) in [5.41, 5.74) is 1.60. The van der Waals surface area contributed by atoms with Crippen LogP contribution in [-0.2, 0) is 85.1 Å². The average Bonchev–Trinajstić information content (AvgIpc) is 0.749. The molecule has 5 aliphatic heterocycles. The first kappa shape index (κ1) is 104. The van der Waals surface area contributed by atoms with Gasteiger partial charge >= 0.3 is 24.0 Å². The number of esters is 3. The molecule has 0 aliphatic carbocycles. The highest BCUT2D eigenvalue weighted by atomic mass is 32.0. The van der Waals surface area contributed by atoms with Crippen LogP contribution in [0.15, 0.2) is 135 Å². The fourth-order valence-electron chi connectivity index (χ4n) is 17.3. The zero-order valence-electron chi connectivity index (χ0n) is 76.4. The van der Waals surface area contributed by atoms with Crippen molar-refractivity contribution in [2.24, 2.45) is 23.7 Å². The Morgan fingerprint density at radius 3 is 1.62 bits per heavy atom. The highest BCUT2D eigenvalue weighted by molar-refractivity contribution is 8.13. The van der Waals surface area contributed by atoms with Crippen molar-refractivity contribution in [2.45, 2.75) is 352 Å². The van der Waals surface area contributed by atoms with Crippen molar-refractivity contribution in [1.29, 1.82) is 0 Å². The molecule has 1 N–H and O–H groups in total. The number of hydrogen-bond donors (Lipinski definition) is 1. The van der Waals surface area contributed by atoms with Gasteiger partial charge in [0.05, 0.1) is 73.0 Å². The number of amides is 1. The number of rotatable bonds is 28. The number of nitrogens with one attached hydrogen (secondary N) is 1. The Bertz CT molecular complexity index is 3500. The topological polar surface area (TPSA) is 219 Å². The maximum Gasteiger partial charge on any atom is 0.407 e. The number of alkyl carbamates (subject to hydrolysis) is 1. The normalized spacial score (nSPS) is 33.5. The van der Waals surface area contributed by atoms with Gasteiger partial charge in [-0.15, -0.1) is 17.9 Å². The third kappa shape index (κ3) is 30.1. The molecule has 4 fully saturated rings. The summed E-state index contributed by atoms with van der Waals surface area (Å²) >= 11 is 0. The minimum absolute atomic E-state index is 0.0493. The van der Waals surface area contributed by atoms with E-state index in [9.17, 15) is 9.59 Å². The molecule has 1 aromatic carbocycles. The highest BCUT2D eigenvalue weighted by Crippen LogP contribution is 2.54. The van der Waals surface area contributed by atoms with Gasteiger partial charge in [-0.1, -0.05) is 247 Å². The Labute approximate surface area is 726 Å². The molecule has 25 atom stereocenters. The van der Waals surface area contributed by atoms with E-state index in [2.05, 4.69) is 186 Å². The second kappa shape index (κ2) is 50.1. The number of carbonyl (C=O) groups excluding carboxylic acids is 4. The van der Waals surface area contributed by atoms with E-state index in [0.717, 1.165) is 41.8 Å². The van der Waals surface area contributed by atoms with Crippen LogP contribution in [-0.4, -0.2) is 186 Å². The maximum atomic E-state index is 15.7. The second-order valence-electron chi connectivity index (χ2n) is 35.3. The summed E-state index contributed by atoms with van der Waals surface area (Å²) in [6.07, 6.45) is 22.2. The second-order valence-corrected chi connectivity index (χ2v) is 58.5. The summed E-state index contributed by atoms with van der Waals surface area (Å²) in [7, 11) is -2.15. The molecular formula is C92H153NO19P4Si3. The molecule has 672 valence electrons. The molecule has 6 unspecified atom stereocenters. The fraction of sp³-hybridized carbons (Fsp3) is 0.696. The standard InChI is InChI=1S/C92H153NO19P4Si3/c1-26-54-99-86(96)81-78-57-72(103-87-84(108-85(95)70-48-50-71(51-49-70)91(20,21)22)82(93-88(97)100-55-27-2)83(69(19)102-87)112-119(32-7,33-8)64(13)14)47-45-43-41-39-37-35-34-36-38-40-42-44-46-65(15)66(16)67(17)68(18)101-80(94)59-74-56-73(104-89(105-74)115(24)113)52-53-76(110-117(28-3,29-4)62(9)10)77-58-75(106-90(107-77)116(25)114)60-92(98-23,109-78)61-79(81)111-118(30-5,31-6)63(11)12/h26-27,34-51,62-69,72-79,81-84,87,89-90H,1-2,28-33,52-61,113-114H2,3-25H3,(H,93,97)/b35-34+,38-36+,39-37+,42-40+,43-41+,46-44+,47-45+/t65-,66+,67+,68-,69+,72-,73+,74+,75-,76+,77+,78-,79-,81-,82-,83+,84-,87-,89?,90?,92+,115?,116?/m0/s1. The Kier molecular flexibility index (Phi) is 43.9. The lowest BCUT2D eigenvalue weighted by atomic mass is 9.82. The van der Waals surface area contributed by atoms with Crippen LogP contribution in [0.4, 0.5) is 4.79 Å². The van der Waals surface area contributed by atoms with Crippen molar-refractivity contribution >= 4 is 82.0 Å². The van der Waals surface area contributed by atoms with Gasteiger partial charge in [-0.2, -0.15) is 0 Å². The summed E-state index contributed by atoms with van der Waals surface area (Å²) in [6.45, 7) is 55.0. The van der Waals surface area contributed by atoms with Gasteiger partial charge in [0.1, 0.15) is 31.3 Å². The van der Waals surface area contributed by atoms with Gasteiger partial charge in [0.2, 0.25) is 0 Å². The predicted octanol–water partition coefficient (Wildman–Crippen LogP) is 22.2. The van der Waals surface area contributed by atoms with Gasteiger partial charge < -0.3 is 75.4 Å². The molecule has 0 aromatic heterocycles. The van der Waals surface area contributed by atoms with E-state index in [1.165, 1.54) is 6.08 Å². The molecule has 0 spiro atoms. The first-order valence-corrected chi connectivity index (χ1v) is 58.2. The van der Waals surface area contributed by atoms with Crippen molar-refractivity contribution in [3.05, 3.63) is 146 Å². The van der Waals surface area contributed by atoms with Crippen LogP contribution in [0, 0.1) is 23.7 Å². The SMILES string of the molecule is C=CCOC(=O)N[C@@H]1[C@H](OC(=O)c2ccc(C(C)(C)C)cc2)[C@H](O[C@H]2/C=C/C=C/C=C/C=C/C=C/C=C/C=C/[C@H](C)[C@@H](C)[C@@H](C)[C@H](C)OC(=O)C[C@H]3C[C@@H](CC[C@@H](O[Si](CC)(CC)C(C)C)[C@H]4C[C@@H](C[C@]5(OC)C[C@H](O[Si](CC)(CC)C(C)C)[C@@H](C(=O)OCC=C)[C@H](C2)O5)OC(P(C)P)O4)OC(P(C)P)O3)O[C@H](C)[C@H]1O[Si](CC)(CC)C(C)C. The van der Waals surface area contributed by atoms with E-state index in [0.29, 0.717) is 25.7 Å².